The van der Waals surface area contributed by atoms with Crippen LogP contribution < -0.4 is 10.6 Å². The molecule has 6 rings (SSSR count). The van der Waals surface area contributed by atoms with E-state index < -0.39 is 11.9 Å². The lowest BCUT2D eigenvalue weighted by molar-refractivity contribution is -0.136. The normalized spacial score (nSPS) is 21.2. The summed E-state index contributed by atoms with van der Waals surface area (Å²) in [6.07, 6.45) is 5.47. The lowest BCUT2D eigenvalue weighted by Crippen LogP contribution is -2.52. The van der Waals surface area contributed by atoms with Crippen LogP contribution in [-0.2, 0) is 29.1 Å². The van der Waals surface area contributed by atoms with Gasteiger partial charge in [-0.15, -0.1) is 15.3 Å². The number of hydrogen-bond donors (Lipinski definition) is 2. The standard InChI is InChI=1S/C23H23N9O4/c33-20-4-3-18(22(35)26-20)31-10-14-8-15(1-2-16(14)23(31)36)32-11-17(27-29-32)21(34)24-9-13-5-6-30-12-25-28-19(30)7-13/h1-2,8,11-13,18H,3-7,9-10H2,(H,24,34)(H,26,33,35). The summed E-state index contributed by atoms with van der Waals surface area (Å²) in [6.45, 7) is 1.60. The van der Waals surface area contributed by atoms with Crippen LogP contribution in [0.5, 0.6) is 0 Å². The van der Waals surface area contributed by atoms with Crippen molar-refractivity contribution in [2.45, 2.75) is 44.8 Å². The highest BCUT2D eigenvalue weighted by Gasteiger charge is 2.39. The molecule has 1 fully saturated rings. The Labute approximate surface area is 204 Å². The zero-order valence-electron chi connectivity index (χ0n) is 19.3. The highest BCUT2D eigenvalue weighted by Crippen LogP contribution is 2.29. The molecule has 0 saturated carbocycles. The van der Waals surface area contributed by atoms with E-state index in [2.05, 4.69) is 31.1 Å². The minimum atomic E-state index is -0.673. The lowest BCUT2D eigenvalue weighted by atomic mass is 9.98. The molecule has 3 aliphatic heterocycles. The van der Waals surface area contributed by atoms with Crippen LogP contribution in [0.4, 0.5) is 0 Å². The van der Waals surface area contributed by atoms with Crippen molar-refractivity contribution in [3.63, 3.8) is 0 Å². The summed E-state index contributed by atoms with van der Waals surface area (Å²) in [4.78, 5) is 50.7. The maximum atomic E-state index is 12.9. The molecule has 0 spiro atoms. The predicted molar refractivity (Wildman–Crippen MR) is 122 cm³/mol. The molecule has 36 heavy (non-hydrogen) atoms. The van der Waals surface area contributed by atoms with E-state index in [1.165, 1.54) is 9.58 Å². The van der Waals surface area contributed by atoms with E-state index in [4.69, 9.17) is 0 Å². The Kier molecular flexibility index (Phi) is 5.31. The molecule has 1 aromatic carbocycles. The highest BCUT2D eigenvalue weighted by atomic mass is 16.2. The average molecular weight is 489 g/mol. The van der Waals surface area contributed by atoms with Gasteiger partial charge in [-0.1, -0.05) is 5.21 Å². The third-order valence-electron chi connectivity index (χ3n) is 6.99. The topological polar surface area (TPSA) is 157 Å². The summed E-state index contributed by atoms with van der Waals surface area (Å²) >= 11 is 0. The smallest absolute Gasteiger partial charge is 0.273 e. The monoisotopic (exact) mass is 489 g/mol. The van der Waals surface area contributed by atoms with Crippen LogP contribution in [0.2, 0.25) is 0 Å². The quantitative estimate of drug-likeness (QED) is 0.459. The fourth-order valence-corrected chi connectivity index (χ4v) is 5.00. The zero-order chi connectivity index (χ0) is 24.8. The second-order valence-electron chi connectivity index (χ2n) is 9.30. The number of aryl methyl sites for hydroxylation is 1. The zero-order valence-corrected chi connectivity index (χ0v) is 19.3. The van der Waals surface area contributed by atoms with E-state index in [1.54, 1.807) is 30.7 Å². The second kappa shape index (κ2) is 8.66. The van der Waals surface area contributed by atoms with Crippen LogP contribution in [0.1, 0.15) is 51.5 Å². The first-order valence-corrected chi connectivity index (χ1v) is 11.8. The van der Waals surface area contributed by atoms with Gasteiger partial charge in [0.2, 0.25) is 11.8 Å². The van der Waals surface area contributed by atoms with E-state index >= 15 is 0 Å². The van der Waals surface area contributed by atoms with Crippen molar-refractivity contribution in [1.29, 1.82) is 0 Å². The molecule has 3 aromatic rings. The Morgan fingerprint density at radius 1 is 1.17 bits per heavy atom. The SMILES string of the molecule is O=C1CCC(N2Cc3cc(-n4cc(C(=O)NCC5CCn6cnnc6C5)nn4)ccc3C2=O)C(=O)N1. The van der Waals surface area contributed by atoms with Crippen molar-refractivity contribution in [2.75, 3.05) is 6.54 Å². The summed E-state index contributed by atoms with van der Waals surface area (Å²) in [5.41, 5.74) is 2.08. The maximum absolute atomic E-state index is 12.9. The molecule has 5 heterocycles. The van der Waals surface area contributed by atoms with E-state index in [1.807, 2.05) is 4.57 Å². The number of carbonyl (C=O) groups is 4. The molecule has 0 radical (unpaired) electrons. The van der Waals surface area contributed by atoms with Crippen LogP contribution >= 0.6 is 0 Å². The minimum absolute atomic E-state index is 0.190. The van der Waals surface area contributed by atoms with Gasteiger partial charge in [-0.2, -0.15) is 0 Å². The molecule has 13 heteroatoms. The van der Waals surface area contributed by atoms with Crippen LogP contribution in [0, 0.1) is 5.92 Å². The van der Waals surface area contributed by atoms with E-state index in [0.717, 1.165) is 30.8 Å². The Morgan fingerprint density at radius 3 is 2.92 bits per heavy atom. The van der Waals surface area contributed by atoms with Crippen LogP contribution in [0.15, 0.2) is 30.7 Å². The number of nitrogens with zero attached hydrogens (tertiary/aromatic N) is 7. The number of amides is 4. The number of nitrogens with one attached hydrogen (secondary N) is 2. The summed E-state index contributed by atoms with van der Waals surface area (Å²) in [6, 6.07) is 4.53. The van der Waals surface area contributed by atoms with Crippen molar-refractivity contribution < 1.29 is 19.2 Å². The third kappa shape index (κ3) is 3.91. The first kappa shape index (κ1) is 22.1. The summed E-state index contributed by atoms with van der Waals surface area (Å²) in [7, 11) is 0. The molecule has 2 atom stereocenters. The van der Waals surface area contributed by atoms with Gasteiger partial charge in [-0.3, -0.25) is 24.5 Å². The van der Waals surface area contributed by atoms with Gasteiger partial charge in [0.25, 0.3) is 11.8 Å². The number of carbonyl (C=O) groups excluding carboxylic acids is 4. The average Bonchev–Trinajstić information content (AvgIpc) is 3.61. The maximum Gasteiger partial charge on any atom is 0.273 e. The van der Waals surface area contributed by atoms with Gasteiger partial charge in [0.1, 0.15) is 18.2 Å². The van der Waals surface area contributed by atoms with E-state index in [0.29, 0.717) is 24.2 Å². The number of rotatable bonds is 5. The number of hydrogen-bond acceptors (Lipinski definition) is 8. The first-order chi connectivity index (χ1) is 17.5. The summed E-state index contributed by atoms with van der Waals surface area (Å²) < 4.78 is 3.51. The number of fused-ring (bicyclic) bond motifs is 2. The Balaban J connectivity index is 1.11. The number of aromatic nitrogens is 6. The Bertz CT molecular complexity index is 1390. The minimum Gasteiger partial charge on any atom is -0.350 e. The molecule has 1 saturated heterocycles. The van der Waals surface area contributed by atoms with Gasteiger partial charge < -0.3 is 14.8 Å². The number of piperidine rings is 1. The number of imide groups is 1. The molecule has 3 aliphatic rings. The Hall–Kier alpha value is -4.42. The summed E-state index contributed by atoms with van der Waals surface area (Å²) in [5, 5.41) is 21.4. The largest absolute Gasteiger partial charge is 0.350 e. The lowest BCUT2D eigenvalue weighted by Gasteiger charge is -2.29. The van der Waals surface area contributed by atoms with Gasteiger partial charge in [-0.05, 0) is 42.5 Å². The van der Waals surface area contributed by atoms with Gasteiger partial charge in [-0.25, -0.2) is 4.68 Å². The van der Waals surface area contributed by atoms with Crippen LogP contribution in [-0.4, -0.2) is 70.9 Å². The van der Waals surface area contributed by atoms with Gasteiger partial charge in [0, 0.05) is 38.0 Å². The number of benzene rings is 1. The van der Waals surface area contributed by atoms with Crippen molar-refractivity contribution in [3.8, 4) is 5.69 Å². The Morgan fingerprint density at radius 2 is 2.06 bits per heavy atom. The molecule has 184 valence electrons. The van der Waals surface area contributed by atoms with Crippen molar-refractivity contribution in [1.82, 2.24) is 45.3 Å². The molecule has 0 aliphatic carbocycles. The summed E-state index contributed by atoms with van der Waals surface area (Å²) in [5.74, 6) is -0.120. The third-order valence-corrected chi connectivity index (χ3v) is 6.99. The van der Waals surface area contributed by atoms with E-state index in [9.17, 15) is 19.2 Å². The van der Waals surface area contributed by atoms with Crippen LogP contribution in [0.25, 0.3) is 5.69 Å². The molecular weight excluding hydrogens is 466 g/mol. The second-order valence-corrected chi connectivity index (χ2v) is 9.30. The molecular formula is C23H23N9O4. The molecule has 0 bridgehead atoms. The molecule has 13 nitrogen and oxygen atoms in total. The van der Waals surface area contributed by atoms with Gasteiger partial charge >= 0.3 is 0 Å². The molecule has 2 N–H and O–H groups in total. The molecule has 2 unspecified atom stereocenters. The van der Waals surface area contributed by atoms with Crippen molar-refractivity contribution >= 4 is 23.6 Å². The highest BCUT2D eigenvalue weighted by molar-refractivity contribution is 6.05. The van der Waals surface area contributed by atoms with Crippen LogP contribution in [0.3, 0.4) is 0 Å². The van der Waals surface area contributed by atoms with Gasteiger partial charge in [0.05, 0.1) is 11.9 Å². The molecule has 2 aromatic heterocycles. The first-order valence-electron chi connectivity index (χ1n) is 11.8. The fraction of sp³-hybridized carbons (Fsp3) is 0.391. The predicted octanol–water partition coefficient (Wildman–Crippen LogP) is -0.388. The van der Waals surface area contributed by atoms with E-state index in [-0.39, 0.29) is 42.3 Å². The van der Waals surface area contributed by atoms with Gasteiger partial charge in [0.15, 0.2) is 5.69 Å². The van der Waals surface area contributed by atoms with Crippen molar-refractivity contribution in [2.24, 2.45) is 5.92 Å². The van der Waals surface area contributed by atoms with Crippen molar-refractivity contribution in [3.05, 3.63) is 53.4 Å². The molecule has 4 amide bonds. The fourth-order valence-electron chi connectivity index (χ4n) is 5.00.